The first kappa shape index (κ1) is 23.9. The van der Waals surface area contributed by atoms with Crippen LogP contribution in [0.4, 0.5) is 5.95 Å². The molecule has 2 heterocycles. The molecule has 2 aromatic rings. The van der Waals surface area contributed by atoms with Gasteiger partial charge in [-0.05, 0) is 60.4 Å². The SMILES string of the molecule is CCOC(=O)c1cnc(N2CCC(CN(CC)S(=O)(=O)c3ccccc3I)CC2)nc1. The number of rotatable bonds is 8. The number of carbonyl (C=O) groups is 1. The molecule has 1 aliphatic heterocycles. The Labute approximate surface area is 197 Å². The van der Waals surface area contributed by atoms with E-state index in [4.69, 9.17) is 4.74 Å². The van der Waals surface area contributed by atoms with E-state index in [-0.39, 0.29) is 5.92 Å². The van der Waals surface area contributed by atoms with Crippen LogP contribution in [0.15, 0.2) is 41.6 Å². The number of nitrogens with zero attached hydrogens (tertiary/aromatic N) is 4. The molecule has 0 saturated carbocycles. The number of benzene rings is 1. The standard InChI is InChI=1S/C21H27IN4O4S/c1-3-26(31(28,29)19-8-6-5-7-18(19)22)15-16-9-11-25(12-10-16)21-23-13-17(14-24-21)20(27)30-4-2/h5-8,13-14,16H,3-4,9-12,15H2,1-2H3. The van der Waals surface area contributed by atoms with Crippen molar-refractivity contribution in [3.63, 3.8) is 0 Å². The number of piperidine rings is 1. The van der Waals surface area contributed by atoms with Crippen molar-refractivity contribution in [1.82, 2.24) is 14.3 Å². The summed E-state index contributed by atoms with van der Waals surface area (Å²) >= 11 is 2.07. The molecule has 168 valence electrons. The Morgan fingerprint density at radius 1 is 1.19 bits per heavy atom. The zero-order valence-corrected chi connectivity index (χ0v) is 20.7. The minimum absolute atomic E-state index is 0.270. The second kappa shape index (κ2) is 10.7. The molecule has 0 unspecified atom stereocenters. The molecule has 0 amide bonds. The fourth-order valence-corrected chi connectivity index (χ4v) is 6.41. The Balaban J connectivity index is 1.60. The highest BCUT2D eigenvalue weighted by Gasteiger charge is 2.29. The van der Waals surface area contributed by atoms with Crippen LogP contribution in [0.2, 0.25) is 0 Å². The van der Waals surface area contributed by atoms with Gasteiger partial charge in [0.15, 0.2) is 0 Å². The molecule has 0 spiro atoms. The molecule has 1 aromatic carbocycles. The third-order valence-corrected chi connectivity index (χ3v) is 8.62. The number of hydrogen-bond acceptors (Lipinski definition) is 7. The Kier molecular flexibility index (Phi) is 8.23. The molecule has 0 N–H and O–H groups in total. The quantitative estimate of drug-likeness (QED) is 0.363. The van der Waals surface area contributed by atoms with Gasteiger partial charge < -0.3 is 9.64 Å². The summed E-state index contributed by atoms with van der Waals surface area (Å²) in [5.74, 6) is 0.415. The molecule has 0 atom stereocenters. The summed E-state index contributed by atoms with van der Waals surface area (Å²) in [4.78, 5) is 22.8. The van der Waals surface area contributed by atoms with E-state index in [2.05, 4.69) is 37.5 Å². The predicted octanol–water partition coefficient (Wildman–Crippen LogP) is 3.19. The maximum atomic E-state index is 13.1. The second-order valence-electron chi connectivity index (χ2n) is 7.31. The zero-order valence-electron chi connectivity index (χ0n) is 17.7. The van der Waals surface area contributed by atoms with Gasteiger partial charge in [0.25, 0.3) is 0 Å². The van der Waals surface area contributed by atoms with Crippen LogP contribution in [-0.4, -0.2) is 61.4 Å². The van der Waals surface area contributed by atoms with E-state index >= 15 is 0 Å². The van der Waals surface area contributed by atoms with Crippen molar-refractivity contribution in [2.45, 2.75) is 31.6 Å². The summed E-state index contributed by atoms with van der Waals surface area (Å²) in [7, 11) is -3.52. The lowest BCUT2D eigenvalue weighted by Crippen LogP contribution is -2.41. The van der Waals surface area contributed by atoms with Gasteiger partial charge in [0.05, 0.1) is 17.1 Å². The summed E-state index contributed by atoms with van der Waals surface area (Å²) in [5.41, 5.74) is 0.333. The van der Waals surface area contributed by atoms with Gasteiger partial charge in [0.1, 0.15) is 0 Å². The zero-order chi connectivity index (χ0) is 22.4. The van der Waals surface area contributed by atoms with E-state index < -0.39 is 16.0 Å². The maximum Gasteiger partial charge on any atom is 0.341 e. The van der Waals surface area contributed by atoms with Crippen LogP contribution in [0, 0.1) is 9.49 Å². The first-order valence-corrected chi connectivity index (χ1v) is 12.9. The minimum atomic E-state index is -3.52. The van der Waals surface area contributed by atoms with Crippen LogP contribution in [-0.2, 0) is 14.8 Å². The lowest BCUT2D eigenvalue weighted by atomic mass is 9.97. The molecule has 1 saturated heterocycles. The van der Waals surface area contributed by atoms with E-state index in [0.717, 1.165) is 29.5 Å². The molecule has 0 bridgehead atoms. The van der Waals surface area contributed by atoms with E-state index in [1.54, 1.807) is 23.4 Å². The van der Waals surface area contributed by atoms with Gasteiger partial charge in [-0.1, -0.05) is 19.1 Å². The van der Waals surface area contributed by atoms with Crippen molar-refractivity contribution >= 4 is 44.5 Å². The summed E-state index contributed by atoms with van der Waals surface area (Å²) in [6.07, 6.45) is 4.67. The van der Waals surface area contributed by atoms with Crippen LogP contribution in [0.25, 0.3) is 0 Å². The van der Waals surface area contributed by atoms with E-state index in [1.807, 2.05) is 19.1 Å². The summed E-state index contributed by atoms with van der Waals surface area (Å²) < 4.78 is 33.5. The highest BCUT2D eigenvalue weighted by atomic mass is 127. The van der Waals surface area contributed by atoms with Gasteiger partial charge in [0, 0.05) is 42.1 Å². The van der Waals surface area contributed by atoms with Crippen molar-refractivity contribution in [1.29, 1.82) is 0 Å². The molecule has 0 aliphatic carbocycles. The van der Waals surface area contributed by atoms with Gasteiger partial charge in [0.2, 0.25) is 16.0 Å². The Morgan fingerprint density at radius 2 is 1.84 bits per heavy atom. The van der Waals surface area contributed by atoms with Gasteiger partial charge in [-0.2, -0.15) is 4.31 Å². The number of sulfonamides is 1. The lowest BCUT2D eigenvalue weighted by molar-refractivity contribution is 0.0525. The topological polar surface area (TPSA) is 92.7 Å². The Hall–Kier alpha value is -1.79. The number of halogens is 1. The summed E-state index contributed by atoms with van der Waals surface area (Å²) in [6, 6.07) is 7.08. The number of aromatic nitrogens is 2. The largest absolute Gasteiger partial charge is 0.462 e. The second-order valence-corrected chi connectivity index (χ2v) is 10.4. The van der Waals surface area contributed by atoms with Crippen LogP contribution in [0.5, 0.6) is 0 Å². The average Bonchev–Trinajstić information content (AvgIpc) is 2.78. The van der Waals surface area contributed by atoms with Crippen molar-refractivity contribution < 1.29 is 17.9 Å². The first-order valence-electron chi connectivity index (χ1n) is 10.4. The van der Waals surface area contributed by atoms with Gasteiger partial charge >= 0.3 is 5.97 Å². The average molecular weight is 558 g/mol. The molecule has 0 radical (unpaired) electrons. The van der Waals surface area contributed by atoms with Crippen molar-refractivity contribution in [3.8, 4) is 0 Å². The summed E-state index contributed by atoms with van der Waals surface area (Å²) in [6.45, 7) is 6.35. The Morgan fingerprint density at radius 3 is 2.42 bits per heavy atom. The molecular weight excluding hydrogens is 531 g/mol. The molecule has 31 heavy (non-hydrogen) atoms. The van der Waals surface area contributed by atoms with Crippen LogP contribution >= 0.6 is 22.6 Å². The third-order valence-electron chi connectivity index (χ3n) is 5.32. The highest BCUT2D eigenvalue weighted by molar-refractivity contribution is 14.1. The number of anilines is 1. The van der Waals surface area contributed by atoms with Crippen LogP contribution < -0.4 is 4.90 Å². The normalized spacial score (nSPS) is 15.3. The smallest absolute Gasteiger partial charge is 0.341 e. The molecule has 8 nitrogen and oxygen atoms in total. The molecule has 1 fully saturated rings. The molecule has 1 aliphatic rings. The highest BCUT2D eigenvalue weighted by Crippen LogP contribution is 2.26. The summed E-state index contributed by atoms with van der Waals surface area (Å²) in [5, 5.41) is 0. The van der Waals surface area contributed by atoms with E-state index in [1.165, 1.54) is 12.4 Å². The fraction of sp³-hybridized carbons (Fsp3) is 0.476. The molecular formula is C21H27IN4O4S. The number of esters is 1. The maximum absolute atomic E-state index is 13.1. The van der Waals surface area contributed by atoms with E-state index in [9.17, 15) is 13.2 Å². The van der Waals surface area contributed by atoms with Gasteiger partial charge in [-0.25, -0.2) is 23.2 Å². The van der Waals surface area contributed by atoms with Crippen LogP contribution in [0.1, 0.15) is 37.0 Å². The predicted molar refractivity (Wildman–Crippen MR) is 127 cm³/mol. The van der Waals surface area contributed by atoms with E-state index in [0.29, 0.717) is 36.1 Å². The van der Waals surface area contributed by atoms with Gasteiger partial charge in [-0.15, -0.1) is 0 Å². The number of hydrogen-bond donors (Lipinski definition) is 0. The number of ether oxygens (including phenoxy) is 1. The monoisotopic (exact) mass is 558 g/mol. The first-order chi connectivity index (χ1) is 14.9. The Bertz CT molecular complexity index is 993. The minimum Gasteiger partial charge on any atom is -0.462 e. The van der Waals surface area contributed by atoms with Crippen molar-refractivity contribution in [2.24, 2.45) is 5.92 Å². The third kappa shape index (κ3) is 5.72. The van der Waals surface area contributed by atoms with Crippen molar-refractivity contribution in [2.75, 3.05) is 37.7 Å². The number of carbonyl (C=O) groups excluding carboxylic acids is 1. The fourth-order valence-electron chi connectivity index (χ4n) is 3.60. The van der Waals surface area contributed by atoms with Crippen molar-refractivity contribution in [3.05, 3.63) is 45.8 Å². The molecule has 3 rings (SSSR count). The van der Waals surface area contributed by atoms with Gasteiger partial charge in [-0.3, -0.25) is 0 Å². The van der Waals surface area contributed by atoms with Crippen LogP contribution in [0.3, 0.4) is 0 Å². The lowest BCUT2D eigenvalue weighted by Gasteiger charge is -2.34. The molecule has 10 heteroatoms. The molecule has 1 aromatic heterocycles.